The van der Waals surface area contributed by atoms with Crippen LogP contribution in [0.2, 0.25) is 0 Å². The van der Waals surface area contributed by atoms with Crippen molar-refractivity contribution in [3.05, 3.63) is 170 Å². The smallest absolute Gasteiger partial charge is 0.238 e. The van der Waals surface area contributed by atoms with E-state index in [1.54, 1.807) is 0 Å². The Morgan fingerprint density at radius 2 is 1.08 bits per heavy atom. The number of para-hydroxylation sites is 2. The summed E-state index contributed by atoms with van der Waals surface area (Å²) >= 11 is 1.86. The molecule has 0 atom stereocenters. The maximum atomic E-state index is 5.29. The third-order valence-corrected chi connectivity index (χ3v) is 11.4. The summed E-state index contributed by atoms with van der Waals surface area (Å²) in [6, 6.07) is 60.2. The van der Waals surface area contributed by atoms with Gasteiger partial charge in [0, 0.05) is 53.2 Å². The molecule has 0 aliphatic rings. The Labute approximate surface area is 302 Å². The summed E-state index contributed by atoms with van der Waals surface area (Å²) in [6.07, 6.45) is 0. The fourth-order valence-corrected chi connectivity index (χ4v) is 9.11. The molecule has 0 aliphatic carbocycles. The van der Waals surface area contributed by atoms with Crippen LogP contribution in [-0.2, 0) is 0 Å². The Kier molecular flexibility index (Phi) is 6.39. The molecule has 0 spiro atoms. The van der Waals surface area contributed by atoms with Crippen molar-refractivity contribution in [2.45, 2.75) is 0 Å². The van der Waals surface area contributed by atoms with Gasteiger partial charge in [-0.2, -0.15) is 9.97 Å². The third kappa shape index (κ3) is 4.43. The van der Waals surface area contributed by atoms with Crippen molar-refractivity contribution in [2.75, 3.05) is 0 Å². The van der Waals surface area contributed by atoms with E-state index in [1.165, 1.54) is 41.9 Å². The first-order valence-corrected chi connectivity index (χ1v) is 18.3. The monoisotopic (exact) mass is 680 g/mol. The van der Waals surface area contributed by atoms with Gasteiger partial charge in [-0.3, -0.25) is 4.57 Å². The van der Waals surface area contributed by atoms with E-state index in [-0.39, 0.29) is 0 Å². The van der Waals surface area contributed by atoms with Crippen LogP contribution in [0.5, 0.6) is 0 Å². The molecule has 4 nitrogen and oxygen atoms in total. The van der Waals surface area contributed by atoms with E-state index in [0.717, 1.165) is 43.9 Å². The largest absolute Gasteiger partial charge is 0.277 e. The Hall–Kier alpha value is -6.69. The van der Waals surface area contributed by atoms with Crippen molar-refractivity contribution in [1.29, 1.82) is 0 Å². The average Bonchev–Trinajstić information content (AvgIpc) is 3.77. The number of fused-ring (bicyclic) bond motifs is 9. The van der Waals surface area contributed by atoms with E-state index in [2.05, 4.69) is 156 Å². The molecule has 3 aromatic heterocycles. The highest BCUT2D eigenvalue weighted by molar-refractivity contribution is 7.26. The lowest BCUT2D eigenvalue weighted by molar-refractivity contribution is 0.954. The Morgan fingerprint density at radius 1 is 0.423 bits per heavy atom. The van der Waals surface area contributed by atoms with Gasteiger partial charge < -0.3 is 0 Å². The van der Waals surface area contributed by atoms with Gasteiger partial charge in [-0.15, -0.1) is 11.3 Å². The van der Waals surface area contributed by atoms with E-state index >= 15 is 0 Å². The number of hydrogen-bond donors (Lipinski definition) is 0. The maximum Gasteiger partial charge on any atom is 0.238 e. The van der Waals surface area contributed by atoms with Gasteiger partial charge in [0.15, 0.2) is 11.6 Å². The fourth-order valence-electron chi connectivity index (χ4n) is 7.86. The number of benzene rings is 8. The zero-order valence-corrected chi connectivity index (χ0v) is 28.7. The second-order valence-electron chi connectivity index (χ2n) is 13.2. The van der Waals surface area contributed by atoms with Crippen LogP contribution in [-0.4, -0.2) is 19.5 Å². The molecule has 11 aromatic rings. The van der Waals surface area contributed by atoms with E-state index in [4.69, 9.17) is 15.0 Å². The standard InChI is InChI=1S/C47H28N4S/c1-2-14-31(15-3-1)45-48-46(33-25-24-29-12-4-5-16-32(29)28-33)50-47(49-45)51-40-23-9-8-18-35(40)36-19-10-20-37(43(36)51)38-21-11-22-39-42-34-17-7-6-13-30(34)26-27-41(42)52-44(38)39/h1-28H. The molecule has 0 aliphatic heterocycles. The normalized spacial score (nSPS) is 11.8. The van der Waals surface area contributed by atoms with E-state index in [0.29, 0.717) is 17.6 Å². The van der Waals surface area contributed by atoms with Gasteiger partial charge >= 0.3 is 0 Å². The first kappa shape index (κ1) is 29.1. The zero-order chi connectivity index (χ0) is 34.2. The highest BCUT2D eigenvalue weighted by Gasteiger charge is 2.22. The summed E-state index contributed by atoms with van der Waals surface area (Å²) in [5.41, 5.74) is 6.36. The lowest BCUT2D eigenvalue weighted by atomic mass is 9.98. The number of hydrogen-bond acceptors (Lipinski definition) is 4. The fraction of sp³-hybridized carbons (Fsp3) is 0. The molecule has 0 saturated heterocycles. The summed E-state index contributed by atoms with van der Waals surface area (Å²) in [5, 5.41) is 9.78. The van der Waals surface area contributed by atoms with Crippen molar-refractivity contribution in [1.82, 2.24) is 19.5 Å². The van der Waals surface area contributed by atoms with Crippen LogP contribution in [0.3, 0.4) is 0 Å². The summed E-state index contributed by atoms with van der Waals surface area (Å²) in [7, 11) is 0. The van der Waals surface area contributed by atoms with Crippen LogP contribution in [0.1, 0.15) is 0 Å². The molecule has 0 fully saturated rings. The molecule has 0 N–H and O–H groups in total. The minimum atomic E-state index is 0.588. The van der Waals surface area contributed by atoms with Crippen LogP contribution in [0.25, 0.3) is 103 Å². The molecule has 5 heteroatoms. The van der Waals surface area contributed by atoms with Crippen molar-refractivity contribution < 1.29 is 0 Å². The van der Waals surface area contributed by atoms with E-state index < -0.39 is 0 Å². The van der Waals surface area contributed by atoms with Crippen molar-refractivity contribution in [3.8, 4) is 39.9 Å². The number of rotatable bonds is 4. The molecule has 0 amide bonds. The minimum Gasteiger partial charge on any atom is -0.277 e. The Balaban J connectivity index is 1.23. The molecular formula is C47H28N4S. The predicted molar refractivity (Wildman–Crippen MR) is 218 cm³/mol. The SMILES string of the molecule is c1ccc(-c2nc(-c3ccc4ccccc4c3)nc(-n3c4ccccc4c4cccc(-c5cccc6c5sc5ccc7ccccc7c56)c43)n2)cc1. The van der Waals surface area contributed by atoms with Crippen LogP contribution >= 0.6 is 11.3 Å². The first-order chi connectivity index (χ1) is 25.8. The Bertz CT molecular complexity index is 3190. The number of nitrogens with zero attached hydrogens (tertiary/aromatic N) is 4. The Morgan fingerprint density at radius 3 is 1.94 bits per heavy atom. The van der Waals surface area contributed by atoms with E-state index in [1.807, 2.05) is 29.5 Å². The molecular weight excluding hydrogens is 653 g/mol. The van der Waals surface area contributed by atoms with E-state index in [9.17, 15) is 0 Å². The molecule has 8 aromatic carbocycles. The quantitative estimate of drug-likeness (QED) is 0.186. The summed E-state index contributed by atoms with van der Waals surface area (Å²) in [4.78, 5) is 15.6. The van der Waals surface area contributed by atoms with Crippen molar-refractivity contribution in [3.63, 3.8) is 0 Å². The molecule has 0 bridgehead atoms. The van der Waals surface area contributed by atoms with Crippen molar-refractivity contribution >= 4 is 74.9 Å². The molecule has 3 heterocycles. The average molecular weight is 681 g/mol. The lowest BCUT2D eigenvalue weighted by Crippen LogP contribution is -2.07. The summed E-state index contributed by atoms with van der Waals surface area (Å²) < 4.78 is 4.81. The molecule has 0 saturated carbocycles. The summed E-state index contributed by atoms with van der Waals surface area (Å²) in [6.45, 7) is 0. The number of thiophene rings is 1. The van der Waals surface area contributed by atoms with Gasteiger partial charge in [-0.1, -0.05) is 152 Å². The van der Waals surface area contributed by atoms with Crippen LogP contribution < -0.4 is 0 Å². The molecule has 0 unspecified atom stereocenters. The molecule has 52 heavy (non-hydrogen) atoms. The second kappa shape index (κ2) is 11.4. The third-order valence-electron chi connectivity index (χ3n) is 10.2. The van der Waals surface area contributed by atoms with Crippen LogP contribution in [0.15, 0.2) is 170 Å². The van der Waals surface area contributed by atoms with Gasteiger partial charge in [0.25, 0.3) is 0 Å². The second-order valence-corrected chi connectivity index (χ2v) is 14.3. The van der Waals surface area contributed by atoms with Gasteiger partial charge in [0.2, 0.25) is 5.95 Å². The zero-order valence-electron chi connectivity index (χ0n) is 27.9. The maximum absolute atomic E-state index is 5.29. The first-order valence-electron chi connectivity index (χ1n) is 17.5. The lowest BCUT2D eigenvalue weighted by Gasteiger charge is -2.13. The summed E-state index contributed by atoms with van der Waals surface area (Å²) in [5.74, 6) is 1.86. The van der Waals surface area contributed by atoms with Gasteiger partial charge in [-0.25, -0.2) is 4.98 Å². The van der Waals surface area contributed by atoms with Crippen molar-refractivity contribution in [2.24, 2.45) is 0 Å². The predicted octanol–water partition coefficient (Wildman–Crippen LogP) is 12.6. The number of aromatic nitrogens is 4. The van der Waals surface area contributed by atoms with Gasteiger partial charge in [-0.05, 0) is 39.7 Å². The molecule has 0 radical (unpaired) electrons. The minimum absolute atomic E-state index is 0.588. The van der Waals surface area contributed by atoms with Gasteiger partial charge in [0.1, 0.15) is 0 Å². The van der Waals surface area contributed by atoms with Gasteiger partial charge in [0.05, 0.1) is 11.0 Å². The molecule has 242 valence electrons. The van der Waals surface area contributed by atoms with Crippen LogP contribution in [0, 0.1) is 0 Å². The highest BCUT2D eigenvalue weighted by atomic mass is 32.1. The topological polar surface area (TPSA) is 43.6 Å². The van der Waals surface area contributed by atoms with Crippen LogP contribution in [0.4, 0.5) is 0 Å². The highest BCUT2D eigenvalue weighted by Crippen LogP contribution is 2.45. The molecule has 11 rings (SSSR count).